The number of amides is 1. The first-order valence-electron chi connectivity index (χ1n) is 6.77. The van der Waals surface area contributed by atoms with Crippen molar-refractivity contribution >= 4 is 23.4 Å². The van der Waals surface area contributed by atoms with Gasteiger partial charge in [0.1, 0.15) is 5.76 Å². The van der Waals surface area contributed by atoms with E-state index in [0.29, 0.717) is 5.75 Å². The van der Waals surface area contributed by atoms with Crippen LogP contribution in [0.25, 0.3) is 0 Å². The predicted molar refractivity (Wildman–Crippen MR) is 83.9 cm³/mol. The van der Waals surface area contributed by atoms with Crippen molar-refractivity contribution in [2.45, 2.75) is 25.5 Å². The third kappa shape index (κ3) is 4.78. The zero-order chi connectivity index (χ0) is 14.2. The quantitative estimate of drug-likeness (QED) is 0.834. The fourth-order valence-electron chi connectivity index (χ4n) is 1.88. The van der Waals surface area contributed by atoms with Gasteiger partial charge < -0.3 is 9.73 Å². The molecule has 106 valence electrons. The molecule has 0 spiro atoms. The molecule has 1 aromatic carbocycles. The summed E-state index contributed by atoms with van der Waals surface area (Å²) in [7, 11) is 0. The molecule has 0 aliphatic rings. The molecule has 20 heavy (non-hydrogen) atoms. The fourth-order valence-corrected chi connectivity index (χ4v) is 2.60. The Bertz CT molecular complexity index is 520. The molecule has 1 aromatic heterocycles. The topological polar surface area (TPSA) is 42.2 Å². The lowest BCUT2D eigenvalue weighted by molar-refractivity contribution is -0.113. The van der Waals surface area contributed by atoms with Crippen LogP contribution in [0.15, 0.2) is 47.1 Å². The van der Waals surface area contributed by atoms with Crippen LogP contribution in [0.3, 0.4) is 0 Å². The van der Waals surface area contributed by atoms with Crippen LogP contribution in [-0.2, 0) is 17.0 Å². The van der Waals surface area contributed by atoms with E-state index in [1.807, 2.05) is 24.3 Å². The van der Waals surface area contributed by atoms with E-state index in [-0.39, 0.29) is 5.91 Å². The first-order chi connectivity index (χ1) is 9.78. The molecule has 0 fully saturated rings. The van der Waals surface area contributed by atoms with Crippen molar-refractivity contribution in [2.75, 3.05) is 11.1 Å². The number of furan rings is 1. The highest BCUT2D eigenvalue weighted by Crippen LogP contribution is 2.14. The molecule has 2 rings (SSSR count). The van der Waals surface area contributed by atoms with Gasteiger partial charge in [-0.15, -0.1) is 11.8 Å². The summed E-state index contributed by atoms with van der Waals surface area (Å²) in [5, 5.41) is 2.90. The van der Waals surface area contributed by atoms with Crippen LogP contribution in [0.1, 0.15) is 24.7 Å². The molecule has 2 aromatic rings. The molecule has 4 heteroatoms. The number of carbonyl (C=O) groups is 1. The highest BCUT2D eigenvalue weighted by molar-refractivity contribution is 7.99. The van der Waals surface area contributed by atoms with Crippen LogP contribution >= 0.6 is 11.8 Å². The number of nitrogens with one attached hydrogen (secondary N) is 1. The lowest BCUT2D eigenvalue weighted by Crippen LogP contribution is -2.14. The zero-order valence-electron chi connectivity index (χ0n) is 11.6. The molecule has 0 unspecified atom stereocenters. The predicted octanol–water partition coefficient (Wildman–Crippen LogP) is 4.10. The van der Waals surface area contributed by atoms with Gasteiger partial charge in [-0.3, -0.25) is 4.79 Å². The number of thioether (sulfide) groups is 1. The van der Waals surface area contributed by atoms with Crippen molar-refractivity contribution in [3.05, 3.63) is 54.0 Å². The van der Waals surface area contributed by atoms with Gasteiger partial charge in [0.25, 0.3) is 0 Å². The van der Waals surface area contributed by atoms with Gasteiger partial charge in [-0.1, -0.05) is 25.5 Å². The van der Waals surface area contributed by atoms with E-state index in [0.717, 1.165) is 30.0 Å². The molecule has 0 bridgehead atoms. The maximum Gasteiger partial charge on any atom is 0.234 e. The number of aryl methyl sites for hydroxylation is 1. The number of anilines is 1. The lowest BCUT2D eigenvalue weighted by Gasteiger charge is -2.06. The molecular formula is C16H19NO2S. The standard InChI is InChI=1S/C16H19NO2S/c1-2-4-13-6-8-14(9-7-13)17-16(18)12-20-11-15-5-3-10-19-15/h3,5-10H,2,4,11-12H2,1H3,(H,17,18). The van der Waals surface area contributed by atoms with Crippen molar-refractivity contribution in [1.82, 2.24) is 0 Å². The second kappa shape index (κ2) is 7.80. The smallest absolute Gasteiger partial charge is 0.234 e. The van der Waals surface area contributed by atoms with Crippen LogP contribution in [-0.4, -0.2) is 11.7 Å². The maximum atomic E-state index is 11.8. The van der Waals surface area contributed by atoms with E-state index < -0.39 is 0 Å². The van der Waals surface area contributed by atoms with E-state index in [1.54, 1.807) is 18.0 Å². The van der Waals surface area contributed by atoms with Gasteiger partial charge in [0.2, 0.25) is 5.91 Å². The van der Waals surface area contributed by atoms with E-state index in [9.17, 15) is 4.79 Å². The van der Waals surface area contributed by atoms with Crippen LogP contribution < -0.4 is 5.32 Å². The van der Waals surface area contributed by atoms with Crippen molar-refractivity contribution in [3.8, 4) is 0 Å². The Balaban J connectivity index is 1.73. The molecule has 0 radical (unpaired) electrons. The summed E-state index contributed by atoms with van der Waals surface area (Å²) in [4.78, 5) is 11.8. The van der Waals surface area contributed by atoms with Gasteiger partial charge >= 0.3 is 0 Å². The fraction of sp³-hybridized carbons (Fsp3) is 0.312. The van der Waals surface area contributed by atoms with Gasteiger partial charge in [0.05, 0.1) is 17.8 Å². The van der Waals surface area contributed by atoms with E-state index in [2.05, 4.69) is 24.4 Å². The molecule has 1 amide bonds. The average molecular weight is 289 g/mol. The molecule has 0 aliphatic carbocycles. The molecular weight excluding hydrogens is 270 g/mol. The Morgan fingerprint density at radius 2 is 2.05 bits per heavy atom. The maximum absolute atomic E-state index is 11.8. The number of hydrogen-bond donors (Lipinski definition) is 1. The van der Waals surface area contributed by atoms with Crippen molar-refractivity contribution < 1.29 is 9.21 Å². The van der Waals surface area contributed by atoms with Crippen LogP contribution in [0.4, 0.5) is 5.69 Å². The summed E-state index contributed by atoms with van der Waals surface area (Å²) in [5.74, 6) is 2.06. The van der Waals surface area contributed by atoms with E-state index in [1.165, 1.54) is 5.56 Å². The van der Waals surface area contributed by atoms with Crippen molar-refractivity contribution in [3.63, 3.8) is 0 Å². The Kier molecular flexibility index (Phi) is 5.74. The summed E-state index contributed by atoms with van der Waals surface area (Å²) in [5.41, 5.74) is 2.16. The third-order valence-corrected chi connectivity index (χ3v) is 3.79. The molecule has 1 N–H and O–H groups in total. The SMILES string of the molecule is CCCc1ccc(NC(=O)CSCc2ccco2)cc1. The van der Waals surface area contributed by atoms with Gasteiger partial charge in [0.15, 0.2) is 0 Å². The van der Waals surface area contributed by atoms with E-state index >= 15 is 0 Å². The summed E-state index contributed by atoms with van der Waals surface area (Å²) >= 11 is 1.54. The molecule has 0 aliphatic heterocycles. The minimum atomic E-state index is 0.0183. The monoisotopic (exact) mass is 289 g/mol. The largest absolute Gasteiger partial charge is 0.468 e. The Labute approximate surface area is 123 Å². The number of carbonyl (C=O) groups excluding carboxylic acids is 1. The highest BCUT2D eigenvalue weighted by Gasteiger charge is 2.04. The second-order valence-corrected chi connectivity index (χ2v) is 5.55. The molecule has 0 saturated heterocycles. The third-order valence-electron chi connectivity index (χ3n) is 2.83. The average Bonchev–Trinajstić information content (AvgIpc) is 2.94. The molecule has 1 heterocycles. The number of hydrogen-bond acceptors (Lipinski definition) is 3. The Morgan fingerprint density at radius 1 is 1.25 bits per heavy atom. The van der Waals surface area contributed by atoms with Gasteiger partial charge in [-0.2, -0.15) is 0 Å². The molecule has 0 atom stereocenters. The molecule has 3 nitrogen and oxygen atoms in total. The first kappa shape index (κ1) is 14.7. The minimum absolute atomic E-state index is 0.0183. The second-order valence-electron chi connectivity index (χ2n) is 4.57. The minimum Gasteiger partial charge on any atom is -0.468 e. The summed E-state index contributed by atoms with van der Waals surface area (Å²) < 4.78 is 5.22. The van der Waals surface area contributed by atoms with E-state index in [4.69, 9.17) is 4.42 Å². The van der Waals surface area contributed by atoms with Gasteiger partial charge in [0, 0.05) is 5.69 Å². The van der Waals surface area contributed by atoms with Crippen molar-refractivity contribution in [1.29, 1.82) is 0 Å². The number of rotatable bonds is 7. The molecule has 0 saturated carbocycles. The summed E-state index contributed by atoms with van der Waals surface area (Å²) in [6.07, 6.45) is 3.86. The number of benzene rings is 1. The summed E-state index contributed by atoms with van der Waals surface area (Å²) in [6, 6.07) is 11.8. The Morgan fingerprint density at radius 3 is 2.70 bits per heavy atom. The van der Waals surface area contributed by atoms with Crippen molar-refractivity contribution in [2.24, 2.45) is 0 Å². The summed E-state index contributed by atoms with van der Waals surface area (Å²) in [6.45, 7) is 2.16. The van der Waals surface area contributed by atoms with Crippen LogP contribution in [0.5, 0.6) is 0 Å². The lowest BCUT2D eigenvalue weighted by atomic mass is 10.1. The van der Waals surface area contributed by atoms with Crippen LogP contribution in [0.2, 0.25) is 0 Å². The highest BCUT2D eigenvalue weighted by atomic mass is 32.2. The van der Waals surface area contributed by atoms with Gasteiger partial charge in [-0.25, -0.2) is 0 Å². The first-order valence-corrected chi connectivity index (χ1v) is 7.92. The van der Waals surface area contributed by atoms with Crippen LogP contribution in [0, 0.1) is 0 Å². The van der Waals surface area contributed by atoms with Gasteiger partial charge in [-0.05, 0) is 36.2 Å². The zero-order valence-corrected chi connectivity index (χ0v) is 12.4. The normalized spacial score (nSPS) is 10.4. The Hall–Kier alpha value is -1.68.